The zero-order valence-corrected chi connectivity index (χ0v) is 15.9. The summed E-state index contributed by atoms with van der Waals surface area (Å²) in [6.45, 7) is 4.05. The molecule has 0 radical (unpaired) electrons. The number of hydrogen-bond donors (Lipinski definition) is 2. The van der Waals surface area contributed by atoms with Gasteiger partial charge in [-0.25, -0.2) is 14.4 Å². The first-order chi connectivity index (χ1) is 13.9. The Labute approximate surface area is 167 Å². The van der Waals surface area contributed by atoms with Crippen LogP contribution in [0.5, 0.6) is 0 Å². The summed E-state index contributed by atoms with van der Waals surface area (Å²) < 4.78 is 9.83. The van der Waals surface area contributed by atoms with Crippen LogP contribution in [0.4, 0.5) is 4.79 Å². The summed E-state index contributed by atoms with van der Waals surface area (Å²) in [5, 5.41) is 11.5. The van der Waals surface area contributed by atoms with E-state index in [1.54, 1.807) is 0 Å². The number of fused-ring (bicyclic) bond motifs is 3. The van der Waals surface area contributed by atoms with Gasteiger partial charge in [0, 0.05) is 11.5 Å². The first-order valence-electron chi connectivity index (χ1n) is 9.06. The molecule has 1 amide bonds. The Morgan fingerprint density at radius 3 is 2.14 bits per heavy atom. The lowest BCUT2D eigenvalue weighted by Gasteiger charge is -2.17. The number of benzene rings is 2. The lowest BCUT2D eigenvalue weighted by Crippen LogP contribution is -2.45. The van der Waals surface area contributed by atoms with Crippen molar-refractivity contribution in [3.8, 4) is 11.1 Å². The fourth-order valence-electron chi connectivity index (χ4n) is 3.21. The molecule has 2 aromatic carbocycles. The second kappa shape index (κ2) is 8.70. The van der Waals surface area contributed by atoms with E-state index in [0.29, 0.717) is 0 Å². The summed E-state index contributed by atoms with van der Waals surface area (Å²) in [6, 6.07) is 14.3. The predicted octanol–water partition coefficient (Wildman–Crippen LogP) is 2.53. The minimum Gasteiger partial charge on any atom is -0.449 e. The Morgan fingerprint density at radius 1 is 1.07 bits per heavy atom. The summed E-state index contributed by atoms with van der Waals surface area (Å²) in [5.74, 6) is -2.16. The third-order valence-electron chi connectivity index (χ3n) is 4.64. The molecule has 0 saturated heterocycles. The molecule has 7 nitrogen and oxygen atoms in total. The van der Waals surface area contributed by atoms with Crippen molar-refractivity contribution in [1.29, 1.82) is 0 Å². The van der Waals surface area contributed by atoms with Gasteiger partial charge in [-0.2, -0.15) is 0 Å². The average Bonchev–Trinajstić information content (AvgIpc) is 3.04. The quantitative estimate of drug-likeness (QED) is 0.443. The monoisotopic (exact) mass is 395 g/mol. The van der Waals surface area contributed by atoms with Crippen LogP contribution < -0.4 is 5.32 Å². The van der Waals surface area contributed by atoms with Crippen LogP contribution in [0.15, 0.2) is 60.7 Å². The molecule has 0 aliphatic heterocycles. The molecule has 0 saturated carbocycles. The minimum absolute atomic E-state index is 0.0242. The van der Waals surface area contributed by atoms with Gasteiger partial charge in [-0.3, -0.25) is 0 Å². The van der Waals surface area contributed by atoms with E-state index in [0.717, 1.165) is 22.3 Å². The number of alkyl carbamates (subject to hydrolysis) is 1. The van der Waals surface area contributed by atoms with Crippen LogP contribution >= 0.6 is 0 Å². The van der Waals surface area contributed by atoms with Gasteiger partial charge in [0.1, 0.15) is 6.61 Å². The molecule has 29 heavy (non-hydrogen) atoms. The van der Waals surface area contributed by atoms with E-state index in [4.69, 9.17) is 4.74 Å². The fraction of sp³-hybridized carbons (Fsp3) is 0.227. The topological polar surface area (TPSA) is 102 Å². The number of ether oxygens (including phenoxy) is 2. The molecular formula is C22H21NO6. The Balaban J connectivity index is 1.64. The van der Waals surface area contributed by atoms with Crippen LogP contribution in [0.2, 0.25) is 0 Å². The Morgan fingerprint density at radius 2 is 1.62 bits per heavy atom. The van der Waals surface area contributed by atoms with Crippen molar-refractivity contribution < 1.29 is 29.0 Å². The summed E-state index contributed by atoms with van der Waals surface area (Å²) in [6.07, 6.45) is -0.898. The number of carbonyl (C=O) groups is 3. The number of aliphatic hydroxyl groups excluding tert-OH is 1. The maximum absolute atomic E-state index is 12.2. The van der Waals surface area contributed by atoms with Gasteiger partial charge in [-0.1, -0.05) is 55.1 Å². The molecule has 2 aromatic rings. The van der Waals surface area contributed by atoms with E-state index in [1.807, 2.05) is 48.5 Å². The molecule has 150 valence electrons. The molecule has 0 unspecified atom stereocenters. The van der Waals surface area contributed by atoms with E-state index >= 15 is 0 Å². The van der Waals surface area contributed by atoms with E-state index in [-0.39, 0.29) is 18.1 Å². The van der Waals surface area contributed by atoms with E-state index in [1.165, 1.54) is 6.92 Å². The third kappa shape index (κ3) is 4.35. The molecule has 2 N–H and O–H groups in total. The molecule has 0 heterocycles. The highest BCUT2D eigenvalue weighted by atomic mass is 16.6. The second-order valence-electron chi connectivity index (χ2n) is 6.69. The Bertz CT molecular complexity index is 922. The van der Waals surface area contributed by atoms with Gasteiger partial charge in [0.25, 0.3) is 0 Å². The second-order valence-corrected chi connectivity index (χ2v) is 6.69. The van der Waals surface area contributed by atoms with Crippen molar-refractivity contribution >= 4 is 18.0 Å². The molecule has 0 aromatic heterocycles. The van der Waals surface area contributed by atoms with Gasteiger partial charge in [0.05, 0.1) is 6.61 Å². The van der Waals surface area contributed by atoms with Gasteiger partial charge in [0.15, 0.2) is 6.04 Å². The van der Waals surface area contributed by atoms with Crippen molar-refractivity contribution in [3.63, 3.8) is 0 Å². The van der Waals surface area contributed by atoms with Gasteiger partial charge >= 0.3 is 18.0 Å². The maximum Gasteiger partial charge on any atom is 0.407 e. The van der Waals surface area contributed by atoms with Gasteiger partial charge < -0.3 is 19.9 Å². The van der Waals surface area contributed by atoms with E-state index in [2.05, 4.69) is 16.6 Å². The third-order valence-corrected chi connectivity index (χ3v) is 4.64. The summed E-state index contributed by atoms with van der Waals surface area (Å²) in [7, 11) is 0. The van der Waals surface area contributed by atoms with Gasteiger partial charge in [0.2, 0.25) is 0 Å². The van der Waals surface area contributed by atoms with Crippen LogP contribution in [0.1, 0.15) is 24.0 Å². The molecule has 1 aliphatic carbocycles. The number of carbonyl (C=O) groups excluding carboxylic acids is 3. The lowest BCUT2D eigenvalue weighted by atomic mass is 9.98. The van der Waals surface area contributed by atoms with E-state index < -0.39 is 30.7 Å². The highest BCUT2D eigenvalue weighted by Crippen LogP contribution is 2.44. The highest BCUT2D eigenvalue weighted by molar-refractivity contribution is 5.97. The SMILES string of the molecule is C=C(C)C(=O)OC(=O)[C@H](CO)NC(=O)OCC1c2ccccc2-c2ccccc21. The molecule has 1 atom stereocenters. The highest BCUT2D eigenvalue weighted by Gasteiger charge is 2.30. The number of hydrogen-bond acceptors (Lipinski definition) is 6. The lowest BCUT2D eigenvalue weighted by molar-refractivity contribution is -0.159. The Kier molecular flexibility index (Phi) is 6.09. The standard InChI is InChI=1S/C22H21NO6/c1-13(2)20(25)29-21(26)19(11-24)23-22(27)28-12-18-16-9-5-3-7-14(16)15-8-4-6-10-17(15)18/h3-10,18-19,24H,1,11-12H2,2H3,(H,23,27)/t19-/m0/s1. The van der Waals surface area contributed by atoms with Crippen molar-refractivity contribution in [3.05, 3.63) is 71.8 Å². The smallest absolute Gasteiger partial charge is 0.407 e. The molecule has 1 aliphatic rings. The van der Waals surface area contributed by atoms with Crippen LogP contribution in [-0.2, 0) is 19.1 Å². The normalized spacial score (nSPS) is 13.0. The summed E-state index contributed by atoms with van der Waals surface area (Å²) >= 11 is 0. The Hall–Kier alpha value is -3.45. The molecular weight excluding hydrogens is 374 g/mol. The van der Waals surface area contributed by atoms with Crippen LogP contribution in [0, 0.1) is 0 Å². The number of aliphatic hydroxyl groups is 1. The van der Waals surface area contributed by atoms with Crippen LogP contribution in [0.25, 0.3) is 11.1 Å². The molecule has 3 rings (SSSR count). The zero-order valence-electron chi connectivity index (χ0n) is 15.9. The van der Waals surface area contributed by atoms with Crippen molar-refractivity contribution in [1.82, 2.24) is 5.32 Å². The summed E-state index contributed by atoms with van der Waals surface area (Å²) in [4.78, 5) is 35.5. The van der Waals surface area contributed by atoms with E-state index in [9.17, 15) is 19.5 Å². The number of amides is 1. The molecule has 0 fully saturated rings. The van der Waals surface area contributed by atoms with Crippen LogP contribution in [0.3, 0.4) is 0 Å². The number of rotatable bonds is 6. The van der Waals surface area contributed by atoms with Crippen molar-refractivity contribution in [2.45, 2.75) is 18.9 Å². The van der Waals surface area contributed by atoms with Gasteiger partial charge in [-0.05, 0) is 29.2 Å². The fourth-order valence-corrected chi connectivity index (χ4v) is 3.21. The first kappa shape index (κ1) is 20.3. The van der Waals surface area contributed by atoms with Gasteiger partial charge in [-0.15, -0.1) is 0 Å². The molecule has 0 bridgehead atoms. The maximum atomic E-state index is 12.2. The molecule has 7 heteroatoms. The first-order valence-corrected chi connectivity index (χ1v) is 9.06. The number of esters is 2. The predicted molar refractivity (Wildman–Crippen MR) is 105 cm³/mol. The minimum atomic E-state index is -1.42. The average molecular weight is 395 g/mol. The molecule has 0 spiro atoms. The number of nitrogens with one attached hydrogen (secondary N) is 1. The van der Waals surface area contributed by atoms with Crippen molar-refractivity contribution in [2.75, 3.05) is 13.2 Å². The van der Waals surface area contributed by atoms with Crippen LogP contribution in [-0.4, -0.2) is 42.4 Å². The summed E-state index contributed by atoms with van der Waals surface area (Å²) in [5.41, 5.74) is 4.30. The zero-order chi connectivity index (χ0) is 21.0. The van der Waals surface area contributed by atoms with Crippen molar-refractivity contribution in [2.24, 2.45) is 0 Å². The largest absolute Gasteiger partial charge is 0.449 e.